The SMILES string of the molecule is CC(C)(Nc1ccc(-c2cccnc2)cn1)c1ccc(F)cc1. The van der Waals surface area contributed by atoms with E-state index in [1.54, 1.807) is 18.3 Å². The minimum absolute atomic E-state index is 0.233. The number of nitrogens with zero attached hydrogens (tertiary/aromatic N) is 2. The molecular weight excluding hydrogens is 289 g/mol. The number of pyridine rings is 2. The zero-order valence-electron chi connectivity index (χ0n) is 13.1. The van der Waals surface area contributed by atoms with E-state index in [2.05, 4.69) is 15.3 Å². The molecule has 1 N–H and O–H groups in total. The number of aromatic nitrogens is 2. The van der Waals surface area contributed by atoms with Crippen LogP contribution in [0.2, 0.25) is 0 Å². The highest BCUT2D eigenvalue weighted by atomic mass is 19.1. The van der Waals surface area contributed by atoms with Crippen LogP contribution in [-0.4, -0.2) is 9.97 Å². The number of hydrogen-bond acceptors (Lipinski definition) is 3. The highest BCUT2D eigenvalue weighted by Crippen LogP contribution is 2.26. The van der Waals surface area contributed by atoms with Gasteiger partial charge in [0.1, 0.15) is 11.6 Å². The predicted molar refractivity (Wildman–Crippen MR) is 90.5 cm³/mol. The van der Waals surface area contributed by atoms with Crippen LogP contribution in [0.15, 0.2) is 67.1 Å². The fourth-order valence-electron chi connectivity index (χ4n) is 2.43. The molecule has 0 bridgehead atoms. The van der Waals surface area contributed by atoms with Gasteiger partial charge in [0.15, 0.2) is 0 Å². The topological polar surface area (TPSA) is 37.8 Å². The lowest BCUT2D eigenvalue weighted by molar-refractivity contribution is 0.595. The fraction of sp³-hybridized carbons (Fsp3) is 0.158. The largest absolute Gasteiger partial charge is 0.361 e. The van der Waals surface area contributed by atoms with E-state index >= 15 is 0 Å². The normalized spacial score (nSPS) is 11.3. The molecule has 3 nitrogen and oxygen atoms in total. The molecule has 0 saturated carbocycles. The molecule has 0 saturated heterocycles. The second-order valence-electron chi connectivity index (χ2n) is 5.93. The van der Waals surface area contributed by atoms with Gasteiger partial charge in [-0.2, -0.15) is 0 Å². The Kier molecular flexibility index (Phi) is 4.06. The second-order valence-corrected chi connectivity index (χ2v) is 5.93. The Balaban J connectivity index is 1.79. The summed E-state index contributed by atoms with van der Waals surface area (Å²) < 4.78 is 13.1. The van der Waals surface area contributed by atoms with E-state index in [0.29, 0.717) is 0 Å². The van der Waals surface area contributed by atoms with Crippen LogP contribution in [0, 0.1) is 5.82 Å². The van der Waals surface area contributed by atoms with Gasteiger partial charge in [-0.3, -0.25) is 4.98 Å². The van der Waals surface area contributed by atoms with Crippen molar-refractivity contribution in [2.75, 3.05) is 5.32 Å². The number of hydrogen-bond donors (Lipinski definition) is 1. The quantitative estimate of drug-likeness (QED) is 0.763. The molecule has 0 fully saturated rings. The third kappa shape index (κ3) is 3.54. The molecule has 0 aliphatic rings. The standard InChI is InChI=1S/C19H18FN3/c1-19(2,16-6-8-17(20)9-7-16)23-18-10-5-15(13-22-18)14-4-3-11-21-12-14/h3-13H,1-2H3,(H,22,23). The molecule has 0 unspecified atom stereocenters. The molecule has 0 radical (unpaired) electrons. The summed E-state index contributed by atoms with van der Waals surface area (Å²) in [5.74, 6) is 0.537. The molecule has 0 aliphatic carbocycles. The fourth-order valence-corrected chi connectivity index (χ4v) is 2.43. The highest BCUT2D eigenvalue weighted by Gasteiger charge is 2.20. The smallest absolute Gasteiger partial charge is 0.126 e. The molecule has 0 amide bonds. The van der Waals surface area contributed by atoms with Gasteiger partial charge < -0.3 is 5.32 Å². The van der Waals surface area contributed by atoms with Crippen molar-refractivity contribution in [3.63, 3.8) is 0 Å². The second kappa shape index (κ2) is 6.16. The van der Waals surface area contributed by atoms with E-state index < -0.39 is 0 Å². The van der Waals surface area contributed by atoms with Crippen molar-refractivity contribution in [1.29, 1.82) is 0 Å². The molecule has 2 heterocycles. The van der Waals surface area contributed by atoms with Crippen LogP contribution in [0.4, 0.5) is 10.2 Å². The van der Waals surface area contributed by atoms with Gasteiger partial charge in [-0.25, -0.2) is 9.37 Å². The molecule has 1 aromatic carbocycles. The molecule has 3 aromatic rings. The zero-order valence-corrected chi connectivity index (χ0v) is 13.1. The number of nitrogens with one attached hydrogen (secondary N) is 1. The summed E-state index contributed by atoms with van der Waals surface area (Å²) in [4.78, 5) is 8.59. The summed E-state index contributed by atoms with van der Waals surface area (Å²) in [6.07, 6.45) is 5.38. The summed E-state index contributed by atoms with van der Waals surface area (Å²) in [7, 11) is 0. The molecule has 0 spiro atoms. The molecule has 23 heavy (non-hydrogen) atoms. The van der Waals surface area contributed by atoms with Crippen molar-refractivity contribution < 1.29 is 4.39 Å². The first-order valence-electron chi connectivity index (χ1n) is 7.45. The van der Waals surface area contributed by atoms with Gasteiger partial charge in [0, 0.05) is 29.7 Å². The van der Waals surface area contributed by atoms with Crippen LogP contribution in [0.5, 0.6) is 0 Å². The van der Waals surface area contributed by atoms with Crippen molar-refractivity contribution in [2.24, 2.45) is 0 Å². The Hall–Kier alpha value is -2.75. The zero-order chi connectivity index (χ0) is 16.3. The number of benzene rings is 1. The molecule has 3 rings (SSSR count). The third-order valence-electron chi connectivity index (χ3n) is 3.76. The van der Waals surface area contributed by atoms with Gasteiger partial charge in [0.2, 0.25) is 0 Å². The average molecular weight is 307 g/mol. The lowest BCUT2D eigenvalue weighted by Crippen LogP contribution is -2.28. The summed E-state index contributed by atoms with van der Waals surface area (Å²) in [6, 6.07) is 14.4. The van der Waals surface area contributed by atoms with E-state index in [1.165, 1.54) is 12.1 Å². The molecule has 0 aliphatic heterocycles. The Morgan fingerprint density at radius 3 is 2.26 bits per heavy atom. The highest BCUT2D eigenvalue weighted by molar-refractivity contribution is 5.62. The lowest BCUT2D eigenvalue weighted by atomic mass is 9.94. The van der Waals surface area contributed by atoms with E-state index in [4.69, 9.17) is 0 Å². The Labute approximate surface area is 135 Å². The first-order valence-corrected chi connectivity index (χ1v) is 7.45. The minimum atomic E-state index is -0.351. The third-order valence-corrected chi connectivity index (χ3v) is 3.76. The van der Waals surface area contributed by atoms with E-state index in [9.17, 15) is 4.39 Å². The van der Waals surface area contributed by atoms with Crippen LogP contribution in [0.1, 0.15) is 19.4 Å². The first kappa shape index (κ1) is 15.2. The van der Waals surface area contributed by atoms with Crippen LogP contribution >= 0.6 is 0 Å². The Bertz CT molecular complexity index is 766. The van der Waals surface area contributed by atoms with Crippen LogP contribution in [0.25, 0.3) is 11.1 Å². The molecule has 2 aromatic heterocycles. The summed E-state index contributed by atoms with van der Waals surface area (Å²) in [5.41, 5.74) is 2.70. The van der Waals surface area contributed by atoms with Gasteiger partial charge >= 0.3 is 0 Å². The number of anilines is 1. The maximum atomic E-state index is 13.1. The van der Waals surface area contributed by atoms with Crippen molar-refractivity contribution in [2.45, 2.75) is 19.4 Å². The average Bonchev–Trinajstić information content (AvgIpc) is 2.56. The summed E-state index contributed by atoms with van der Waals surface area (Å²) >= 11 is 0. The number of rotatable bonds is 4. The molecule has 0 atom stereocenters. The van der Waals surface area contributed by atoms with Gasteiger partial charge in [-0.05, 0) is 49.7 Å². The summed E-state index contributed by atoms with van der Waals surface area (Å²) in [5, 5.41) is 3.38. The van der Waals surface area contributed by atoms with Gasteiger partial charge in [-0.1, -0.05) is 18.2 Å². The lowest BCUT2D eigenvalue weighted by Gasteiger charge is -2.27. The van der Waals surface area contributed by atoms with Crippen molar-refractivity contribution in [1.82, 2.24) is 9.97 Å². The van der Waals surface area contributed by atoms with Crippen LogP contribution in [-0.2, 0) is 5.54 Å². The Morgan fingerprint density at radius 2 is 1.65 bits per heavy atom. The van der Waals surface area contributed by atoms with Gasteiger partial charge in [0.05, 0.1) is 5.54 Å². The monoisotopic (exact) mass is 307 g/mol. The Morgan fingerprint density at radius 1 is 0.913 bits per heavy atom. The van der Waals surface area contributed by atoms with Crippen LogP contribution in [0.3, 0.4) is 0 Å². The first-order chi connectivity index (χ1) is 11.0. The number of halogens is 1. The van der Waals surface area contributed by atoms with Crippen molar-refractivity contribution in [3.8, 4) is 11.1 Å². The maximum Gasteiger partial charge on any atom is 0.126 e. The van der Waals surface area contributed by atoms with Crippen LogP contribution < -0.4 is 5.32 Å². The van der Waals surface area contributed by atoms with Gasteiger partial charge in [0.25, 0.3) is 0 Å². The molecular formula is C19H18FN3. The van der Waals surface area contributed by atoms with E-state index in [1.807, 2.05) is 50.5 Å². The maximum absolute atomic E-state index is 13.1. The van der Waals surface area contributed by atoms with Crippen molar-refractivity contribution >= 4 is 5.82 Å². The van der Waals surface area contributed by atoms with E-state index in [0.717, 1.165) is 22.5 Å². The predicted octanol–water partition coefficient (Wildman–Crippen LogP) is 4.63. The van der Waals surface area contributed by atoms with E-state index in [-0.39, 0.29) is 11.4 Å². The molecule has 4 heteroatoms. The van der Waals surface area contributed by atoms with Crippen molar-refractivity contribution in [3.05, 3.63) is 78.5 Å². The van der Waals surface area contributed by atoms with Gasteiger partial charge in [-0.15, -0.1) is 0 Å². The molecule has 116 valence electrons. The summed E-state index contributed by atoms with van der Waals surface area (Å²) in [6.45, 7) is 4.08. The minimum Gasteiger partial charge on any atom is -0.361 e.